The first-order chi connectivity index (χ1) is 15.4. The molecule has 32 heavy (non-hydrogen) atoms. The Hall–Kier alpha value is -1.87. The van der Waals surface area contributed by atoms with Crippen LogP contribution in [0.5, 0.6) is 0 Å². The van der Waals surface area contributed by atoms with E-state index >= 15 is 0 Å². The van der Waals surface area contributed by atoms with E-state index in [1.54, 1.807) is 18.7 Å². The number of rotatable bonds is 6. The Kier molecular flexibility index (Phi) is 5.82. The van der Waals surface area contributed by atoms with Gasteiger partial charge in [0.15, 0.2) is 0 Å². The van der Waals surface area contributed by atoms with Gasteiger partial charge >= 0.3 is 5.97 Å². The highest BCUT2D eigenvalue weighted by Crippen LogP contribution is 2.52. The molecule has 0 aliphatic carbocycles. The molecule has 172 valence electrons. The Morgan fingerprint density at radius 2 is 1.88 bits per heavy atom. The number of aliphatic hydroxyl groups excluding tert-OH is 1. The summed E-state index contributed by atoms with van der Waals surface area (Å²) in [7, 11) is 0. The number of benzene rings is 1. The minimum Gasteiger partial charge on any atom is -0.477 e. The summed E-state index contributed by atoms with van der Waals surface area (Å²) in [6, 6.07) is 9.31. The highest BCUT2D eigenvalue weighted by Gasteiger charge is 2.60. The van der Waals surface area contributed by atoms with Gasteiger partial charge < -0.3 is 25.7 Å². The monoisotopic (exact) mass is 457 g/mol. The van der Waals surface area contributed by atoms with Crippen molar-refractivity contribution >= 4 is 23.6 Å². The van der Waals surface area contributed by atoms with Crippen LogP contribution < -0.4 is 10.6 Å². The summed E-state index contributed by atoms with van der Waals surface area (Å²) in [5.74, 6) is -1.93. The maximum absolute atomic E-state index is 12.5. The summed E-state index contributed by atoms with van der Waals surface area (Å²) in [6.07, 6.45) is 2.55. The fourth-order valence-electron chi connectivity index (χ4n) is 5.83. The number of nitrogens with zero attached hydrogens (tertiary/aromatic N) is 1. The largest absolute Gasteiger partial charge is 0.477 e. The summed E-state index contributed by atoms with van der Waals surface area (Å²) < 4.78 is 0. The maximum atomic E-state index is 12.5. The number of carboxylic acids is 1. The number of hydrogen-bond acceptors (Lipinski definition) is 6. The topological polar surface area (TPSA) is 102 Å². The number of aliphatic carboxylic acids is 1. The molecule has 1 aromatic rings. The van der Waals surface area contributed by atoms with E-state index in [9.17, 15) is 19.8 Å². The molecule has 4 N–H and O–H groups in total. The molecule has 4 aliphatic rings. The van der Waals surface area contributed by atoms with Crippen LogP contribution in [0.1, 0.15) is 56.3 Å². The predicted octanol–water partition coefficient (Wildman–Crippen LogP) is 2.40. The lowest BCUT2D eigenvalue weighted by Crippen LogP contribution is -2.63. The van der Waals surface area contributed by atoms with Crippen molar-refractivity contribution in [1.29, 1.82) is 0 Å². The van der Waals surface area contributed by atoms with Gasteiger partial charge in [0.05, 0.1) is 18.1 Å². The first-order valence-electron chi connectivity index (χ1n) is 11.6. The molecule has 0 aromatic heterocycles. The van der Waals surface area contributed by atoms with E-state index in [-0.39, 0.29) is 34.9 Å². The highest BCUT2D eigenvalue weighted by atomic mass is 32.2. The quantitative estimate of drug-likeness (QED) is 0.487. The van der Waals surface area contributed by atoms with Crippen molar-refractivity contribution in [3.05, 3.63) is 46.0 Å². The van der Waals surface area contributed by atoms with Gasteiger partial charge in [-0.25, -0.2) is 4.79 Å². The lowest BCUT2D eigenvalue weighted by Gasteiger charge is -2.46. The minimum absolute atomic E-state index is 0.0827. The Bertz CT molecular complexity index is 941. The van der Waals surface area contributed by atoms with Crippen LogP contribution in [0.3, 0.4) is 0 Å². The number of thioether (sulfide) groups is 1. The molecule has 3 fully saturated rings. The first kappa shape index (κ1) is 21.9. The summed E-state index contributed by atoms with van der Waals surface area (Å²) >= 11 is 1.60. The summed E-state index contributed by atoms with van der Waals surface area (Å²) in [5.41, 5.74) is 2.72. The van der Waals surface area contributed by atoms with E-state index in [2.05, 4.69) is 34.9 Å². The average molecular weight is 458 g/mol. The molecule has 7 atom stereocenters. The molecule has 3 saturated heterocycles. The molecule has 5 rings (SSSR count). The Morgan fingerprint density at radius 1 is 1.19 bits per heavy atom. The number of fused-ring (bicyclic) bond motifs is 1. The normalized spacial score (nSPS) is 35.2. The van der Waals surface area contributed by atoms with Crippen LogP contribution in [0.2, 0.25) is 0 Å². The molecule has 4 heterocycles. The Balaban J connectivity index is 1.28. The number of hydrogen-bond donors (Lipinski definition) is 4. The summed E-state index contributed by atoms with van der Waals surface area (Å²) in [6.45, 7) is 5.47. The van der Waals surface area contributed by atoms with E-state index in [1.807, 2.05) is 6.92 Å². The zero-order valence-corrected chi connectivity index (χ0v) is 19.3. The fourth-order valence-corrected chi connectivity index (χ4v) is 7.31. The molecular formula is C24H31N3O4S. The average Bonchev–Trinajstić information content (AvgIpc) is 3.49. The first-order valence-corrected chi connectivity index (χ1v) is 12.5. The van der Waals surface area contributed by atoms with Crippen molar-refractivity contribution in [3.8, 4) is 0 Å². The Morgan fingerprint density at radius 3 is 2.47 bits per heavy atom. The zero-order valence-electron chi connectivity index (χ0n) is 18.5. The van der Waals surface area contributed by atoms with Gasteiger partial charge in [0.2, 0.25) is 5.91 Å². The molecule has 1 aromatic carbocycles. The van der Waals surface area contributed by atoms with Crippen LogP contribution in [0.4, 0.5) is 0 Å². The number of carboxylic acid groups (broad SMARTS) is 1. The molecule has 0 radical (unpaired) electrons. The van der Waals surface area contributed by atoms with Crippen molar-refractivity contribution in [2.45, 2.75) is 62.6 Å². The van der Waals surface area contributed by atoms with Crippen LogP contribution >= 0.6 is 11.8 Å². The molecule has 0 bridgehead atoms. The fraction of sp³-hybridized carbons (Fsp3) is 0.583. The van der Waals surface area contributed by atoms with E-state index in [0.29, 0.717) is 6.04 Å². The lowest BCUT2D eigenvalue weighted by atomic mass is 9.79. The molecule has 4 aliphatic heterocycles. The summed E-state index contributed by atoms with van der Waals surface area (Å²) in [4.78, 5) is 26.7. The standard InChI is InChI=1S/C24H31N3O4S/c1-12-20-19(13(2)28)23(29)27(20)21(24(30)31)22(12)32-16-10-18(26-11-16)15-7-5-14(6-8-15)17-4-3-9-25-17/h5-8,12-13,16-20,25-26,28H,3-4,9-11H2,1-2H3,(H,30,31)/t12-,13-,16-,17?,18+,19-,20-/m1/s1. The van der Waals surface area contributed by atoms with Crippen molar-refractivity contribution < 1.29 is 19.8 Å². The molecule has 0 saturated carbocycles. The molecule has 0 spiro atoms. The van der Waals surface area contributed by atoms with Gasteiger partial charge in [-0.1, -0.05) is 31.2 Å². The smallest absolute Gasteiger partial charge is 0.353 e. The van der Waals surface area contributed by atoms with Gasteiger partial charge in [-0.2, -0.15) is 0 Å². The number of amides is 1. The second-order valence-electron chi connectivity index (χ2n) is 9.52. The predicted molar refractivity (Wildman–Crippen MR) is 123 cm³/mol. The van der Waals surface area contributed by atoms with Crippen molar-refractivity contribution in [1.82, 2.24) is 15.5 Å². The van der Waals surface area contributed by atoms with Gasteiger partial charge in [-0.05, 0) is 43.9 Å². The highest BCUT2D eigenvalue weighted by molar-refractivity contribution is 8.03. The number of nitrogens with one attached hydrogen (secondary N) is 2. The van der Waals surface area contributed by atoms with Crippen molar-refractivity contribution in [2.75, 3.05) is 13.1 Å². The minimum atomic E-state index is -1.06. The zero-order chi connectivity index (χ0) is 22.6. The number of β-lactam (4-membered cyclic amide) rings is 1. The van der Waals surface area contributed by atoms with Crippen molar-refractivity contribution in [3.63, 3.8) is 0 Å². The van der Waals surface area contributed by atoms with E-state index in [0.717, 1.165) is 24.4 Å². The van der Waals surface area contributed by atoms with Crippen LogP contribution in [-0.4, -0.2) is 57.5 Å². The Labute approximate surface area is 192 Å². The molecule has 1 unspecified atom stereocenters. The SMILES string of the molecule is C[C@@H](O)[C@H]1C(=O)N2C(C(=O)O)=C(S[C@H]3CN[C@H](c4ccc(C5CCCN5)cc4)C3)[C@H](C)[C@H]12. The van der Waals surface area contributed by atoms with Gasteiger partial charge in [-0.15, -0.1) is 11.8 Å². The van der Waals surface area contributed by atoms with Crippen molar-refractivity contribution in [2.24, 2.45) is 11.8 Å². The van der Waals surface area contributed by atoms with Gasteiger partial charge in [0, 0.05) is 34.7 Å². The lowest BCUT2D eigenvalue weighted by molar-refractivity contribution is -0.163. The molecule has 8 heteroatoms. The third kappa shape index (κ3) is 3.57. The number of carbonyl (C=O) groups excluding carboxylic acids is 1. The van der Waals surface area contributed by atoms with Gasteiger partial charge in [0.1, 0.15) is 5.70 Å². The van der Waals surface area contributed by atoms with Crippen LogP contribution in [-0.2, 0) is 9.59 Å². The second-order valence-corrected chi connectivity index (χ2v) is 10.9. The third-order valence-corrected chi connectivity index (χ3v) is 9.01. The maximum Gasteiger partial charge on any atom is 0.353 e. The van der Waals surface area contributed by atoms with E-state index in [1.165, 1.54) is 28.9 Å². The second kappa shape index (κ2) is 8.48. The summed E-state index contributed by atoms with van der Waals surface area (Å²) in [5, 5.41) is 27.2. The van der Waals surface area contributed by atoms with Crippen LogP contribution in [0.15, 0.2) is 34.9 Å². The van der Waals surface area contributed by atoms with Crippen LogP contribution in [0, 0.1) is 11.8 Å². The van der Waals surface area contributed by atoms with E-state index in [4.69, 9.17) is 0 Å². The molecule has 7 nitrogen and oxygen atoms in total. The number of carbonyl (C=O) groups is 2. The van der Waals surface area contributed by atoms with Gasteiger partial charge in [-0.3, -0.25) is 4.79 Å². The van der Waals surface area contributed by atoms with Gasteiger partial charge in [0.25, 0.3) is 0 Å². The van der Waals surface area contributed by atoms with Crippen LogP contribution in [0.25, 0.3) is 0 Å². The number of aliphatic hydroxyl groups is 1. The molecule has 1 amide bonds. The third-order valence-electron chi connectivity index (χ3n) is 7.50. The molecular weight excluding hydrogens is 426 g/mol. The van der Waals surface area contributed by atoms with E-state index < -0.39 is 18.0 Å².